The molecule has 0 aliphatic carbocycles. The highest BCUT2D eigenvalue weighted by Crippen LogP contribution is 2.26. The number of hydrogen-bond donors (Lipinski definition) is 0. The Bertz CT molecular complexity index is 283. The maximum Gasteiger partial charge on any atom is 0.307 e. The van der Waals surface area contributed by atoms with E-state index < -0.39 is 0 Å². The van der Waals surface area contributed by atoms with Gasteiger partial charge in [-0.15, -0.1) is 0 Å². The van der Waals surface area contributed by atoms with Gasteiger partial charge in [0.1, 0.15) is 0 Å². The maximum atomic E-state index is 11.3. The van der Waals surface area contributed by atoms with Crippen LogP contribution in [0.3, 0.4) is 0 Å². The summed E-state index contributed by atoms with van der Waals surface area (Å²) in [6, 6.07) is 1.55. The fourth-order valence-electron chi connectivity index (χ4n) is 3.27. The van der Waals surface area contributed by atoms with Gasteiger partial charge in [-0.05, 0) is 33.2 Å². The quantitative estimate of drug-likeness (QED) is 0.692. The summed E-state index contributed by atoms with van der Waals surface area (Å²) >= 11 is 0. The van der Waals surface area contributed by atoms with Gasteiger partial charge in [-0.25, -0.2) is 0 Å². The van der Waals surface area contributed by atoms with E-state index >= 15 is 0 Å². The van der Waals surface area contributed by atoms with E-state index in [2.05, 4.69) is 23.6 Å². The predicted molar refractivity (Wildman–Crippen MR) is 66.9 cm³/mol. The van der Waals surface area contributed by atoms with Gasteiger partial charge in [0.05, 0.1) is 13.5 Å². The van der Waals surface area contributed by atoms with Crippen molar-refractivity contribution in [3.05, 3.63) is 0 Å². The number of fused-ring (bicyclic) bond motifs is 1. The third kappa shape index (κ3) is 2.80. The molecule has 3 unspecified atom stereocenters. The number of piperazine rings is 1. The molecule has 2 aliphatic rings. The number of carbonyl (C=O) groups excluding carboxylic acids is 1. The second-order valence-corrected chi connectivity index (χ2v) is 5.47. The molecule has 0 spiro atoms. The minimum atomic E-state index is -0.0986. The standard InChI is InChI=1S/C13H24N2O2/c1-10(7-13(16)17-3)15-9-12-5-4-6-14(12)8-11(15)2/h10-12H,4-9H2,1-3H3. The Kier molecular flexibility index (Phi) is 4.05. The van der Waals surface area contributed by atoms with Gasteiger partial charge in [0.15, 0.2) is 0 Å². The summed E-state index contributed by atoms with van der Waals surface area (Å²) in [4.78, 5) is 16.4. The minimum Gasteiger partial charge on any atom is -0.469 e. The van der Waals surface area contributed by atoms with Crippen molar-refractivity contribution in [3.63, 3.8) is 0 Å². The molecule has 2 saturated heterocycles. The van der Waals surface area contributed by atoms with Crippen molar-refractivity contribution in [1.29, 1.82) is 0 Å². The Morgan fingerprint density at radius 2 is 2.24 bits per heavy atom. The van der Waals surface area contributed by atoms with Gasteiger partial charge in [-0.3, -0.25) is 14.6 Å². The Morgan fingerprint density at radius 1 is 1.47 bits per heavy atom. The molecule has 0 aromatic heterocycles. The lowest BCUT2D eigenvalue weighted by Gasteiger charge is -2.45. The largest absolute Gasteiger partial charge is 0.469 e. The van der Waals surface area contributed by atoms with Crippen LogP contribution < -0.4 is 0 Å². The smallest absolute Gasteiger partial charge is 0.307 e. The van der Waals surface area contributed by atoms with Gasteiger partial charge < -0.3 is 4.74 Å². The van der Waals surface area contributed by atoms with E-state index in [4.69, 9.17) is 4.74 Å². The van der Waals surface area contributed by atoms with Gasteiger partial charge in [0.2, 0.25) is 0 Å². The highest BCUT2D eigenvalue weighted by atomic mass is 16.5. The lowest BCUT2D eigenvalue weighted by Crippen LogP contribution is -2.57. The fourth-order valence-corrected chi connectivity index (χ4v) is 3.27. The van der Waals surface area contributed by atoms with Gasteiger partial charge in [0.25, 0.3) is 0 Å². The number of ether oxygens (including phenoxy) is 1. The molecule has 98 valence electrons. The fraction of sp³-hybridized carbons (Fsp3) is 0.923. The lowest BCUT2D eigenvalue weighted by atomic mass is 10.0. The molecule has 3 atom stereocenters. The Hall–Kier alpha value is -0.610. The van der Waals surface area contributed by atoms with Crippen molar-refractivity contribution in [1.82, 2.24) is 9.80 Å². The number of rotatable bonds is 3. The predicted octanol–water partition coefficient (Wildman–Crippen LogP) is 1.11. The average Bonchev–Trinajstić information content (AvgIpc) is 2.74. The molecule has 0 N–H and O–H groups in total. The van der Waals surface area contributed by atoms with E-state index in [-0.39, 0.29) is 5.97 Å². The summed E-state index contributed by atoms with van der Waals surface area (Å²) < 4.78 is 4.76. The Morgan fingerprint density at radius 3 is 2.94 bits per heavy atom. The zero-order chi connectivity index (χ0) is 12.4. The van der Waals surface area contributed by atoms with Crippen molar-refractivity contribution in [2.75, 3.05) is 26.7 Å². The molecule has 2 fully saturated rings. The zero-order valence-corrected chi connectivity index (χ0v) is 11.2. The normalized spacial score (nSPS) is 32.2. The van der Waals surface area contributed by atoms with E-state index in [9.17, 15) is 4.79 Å². The average molecular weight is 240 g/mol. The number of nitrogens with zero attached hydrogens (tertiary/aromatic N) is 2. The summed E-state index contributed by atoms with van der Waals surface area (Å²) in [5.74, 6) is -0.0986. The summed E-state index contributed by atoms with van der Waals surface area (Å²) in [7, 11) is 1.47. The highest BCUT2D eigenvalue weighted by molar-refractivity contribution is 5.69. The first-order chi connectivity index (χ1) is 8.11. The summed E-state index contributed by atoms with van der Waals surface area (Å²) in [6.07, 6.45) is 3.15. The van der Waals surface area contributed by atoms with E-state index in [1.165, 1.54) is 26.5 Å². The van der Waals surface area contributed by atoms with Crippen LogP contribution in [0.15, 0.2) is 0 Å². The molecule has 2 aliphatic heterocycles. The molecule has 0 radical (unpaired) electrons. The third-order valence-corrected chi connectivity index (χ3v) is 4.24. The van der Waals surface area contributed by atoms with E-state index in [0.717, 1.165) is 13.1 Å². The van der Waals surface area contributed by atoms with E-state index in [0.29, 0.717) is 24.5 Å². The summed E-state index contributed by atoms with van der Waals surface area (Å²) in [5.41, 5.74) is 0. The molecule has 2 rings (SSSR count). The molecule has 0 aromatic carbocycles. The van der Waals surface area contributed by atoms with Crippen molar-refractivity contribution in [2.45, 2.75) is 51.2 Å². The molecule has 0 amide bonds. The van der Waals surface area contributed by atoms with Crippen LogP contribution in [0.2, 0.25) is 0 Å². The van der Waals surface area contributed by atoms with Crippen molar-refractivity contribution < 1.29 is 9.53 Å². The Labute approximate surface area is 104 Å². The van der Waals surface area contributed by atoms with Crippen LogP contribution in [-0.4, -0.2) is 60.6 Å². The topological polar surface area (TPSA) is 32.8 Å². The van der Waals surface area contributed by atoms with E-state index in [1.807, 2.05) is 0 Å². The zero-order valence-electron chi connectivity index (χ0n) is 11.2. The first-order valence-electron chi connectivity index (χ1n) is 6.68. The van der Waals surface area contributed by atoms with Crippen LogP contribution >= 0.6 is 0 Å². The third-order valence-electron chi connectivity index (χ3n) is 4.24. The van der Waals surface area contributed by atoms with Gasteiger partial charge >= 0.3 is 5.97 Å². The van der Waals surface area contributed by atoms with Crippen LogP contribution in [-0.2, 0) is 9.53 Å². The van der Waals surface area contributed by atoms with Gasteiger partial charge in [0, 0.05) is 31.2 Å². The molecular formula is C13H24N2O2. The monoisotopic (exact) mass is 240 g/mol. The van der Waals surface area contributed by atoms with Crippen LogP contribution in [0.1, 0.15) is 33.1 Å². The van der Waals surface area contributed by atoms with Gasteiger partial charge in [-0.1, -0.05) is 0 Å². The molecule has 0 aromatic rings. The first-order valence-corrected chi connectivity index (χ1v) is 6.68. The number of carbonyl (C=O) groups is 1. The molecular weight excluding hydrogens is 216 g/mol. The second-order valence-electron chi connectivity index (χ2n) is 5.47. The maximum absolute atomic E-state index is 11.3. The molecule has 4 nitrogen and oxygen atoms in total. The summed E-state index contributed by atoms with van der Waals surface area (Å²) in [6.45, 7) is 7.92. The van der Waals surface area contributed by atoms with E-state index in [1.54, 1.807) is 0 Å². The Balaban J connectivity index is 1.93. The van der Waals surface area contributed by atoms with Gasteiger partial charge in [-0.2, -0.15) is 0 Å². The molecule has 2 heterocycles. The van der Waals surface area contributed by atoms with Crippen molar-refractivity contribution in [3.8, 4) is 0 Å². The van der Waals surface area contributed by atoms with Crippen LogP contribution in [0.4, 0.5) is 0 Å². The number of esters is 1. The molecule has 17 heavy (non-hydrogen) atoms. The van der Waals surface area contributed by atoms with Crippen LogP contribution in [0.25, 0.3) is 0 Å². The first kappa shape index (κ1) is 12.8. The minimum absolute atomic E-state index is 0.0986. The molecule has 0 bridgehead atoms. The van der Waals surface area contributed by atoms with Crippen LogP contribution in [0.5, 0.6) is 0 Å². The number of hydrogen-bond acceptors (Lipinski definition) is 4. The van der Waals surface area contributed by atoms with Crippen molar-refractivity contribution >= 4 is 5.97 Å². The van der Waals surface area contributed by atoms with Crippen LogP contribution in [0, 0.1) is 0 Å². The van der Waals surface area contributed by atoms with Crippen molar-refractivity contribution in [2.24, 2.45) is 0 Å². The second kappa shape index (κ2) is 5.36. The highest BCUT2D eigenvalue weighted by Gasteiger charge is 2.36. The molecule has 0 saturated carbocycles. The molecule has 4 heteroatoms. The lowest BCUT2D eigenvalue weighted by molar-refractivity contribution is -0.142. The SMILES string of the molecule is COC(=O)CC(C)N1CC2CCCN2CC1C. The summed E-state index contributed by atoms with van der Waals surface area (Å²) in [5, 5.41) is 0. The number of methoxy groups -OCH3 is 1.